The second kappa shape index (κ2) is 7.72. The van der Waals surface area contributed by atoms with Crippen LogP contribution in [0.1, 0.15) is 18.1 Å². The number of halogens is 5. The summed E-state index contributed by atoms with van der Waals surface area (Å²) in [6.45, 7) is 0.483. The predicted molar refractivity (Wildman–Crippen MR) is 109 cm³/mol. The van der Waals surface area contributed by atoms with Crippen LogP contribution in [-0.4, -0.2) is 20.1 Å². The summed E-state index contributed by atoms with van der Waals surface area (Å²) < 4.78 is 3.39. The third-order valence-corrected chi connectivity index (χ3v) is 8.45. The minimum Gasteiger partial charge on any atom is -0.388 e. The Morgan fingerprint density at radius 1 is 1.00 bits per heavy atom. The van der Waals surface area contributed by atoms with Gasteiger partial charge in [-0.1, -0.05) is 23.7 Å². The Morgan fingerprint density at radius 2 is 1.58 bits per heavy atom. The van der Waals surface area contributed by atoms with E-state index in [1.165, 1.54) is 0 Å². The van der Waals surface area contributed by atoms with Gasteiger partial charge in [0.1, 0.15) is 11.0 Å². The van der Waals surface area contributed by atoms with Gasteiger partial charge in [-0.05, 0) is 87.8 Å². The molecule has 0 bridgehead atoms. The number of nitrogens with zero attached hydrogens (tertiary/aromatic N) is 3. The first-order valence-corrected chi connectivity index (χ1v) is 10.4. The lowest BCUT2D eigenvalue weighted by Crippen LogP contribution is -2.07. The van der Waals surface area contributed by atoms with E-state index in [2.05, 4.69) is 73.9 Å². The highest BCUT2D eigenvalue weighted by Gasteiger charge is 2.18. The van der Waals surface area contributed by atoms with Gasteiger partial charge in [-0.3, -0.25) is 0 Å². The van der Waals surface area contributed by atoms with Gasteiger partial charge in [0.15, 0.2) is 0 Å². The van der Waals surface area contributed by atoms with Crippen molar-refractivity contribution in [1.29, 1.82) is 0 Å². The van der Waals surface area contributed by atoms with E-state index in [-0.39, 0.29) is 0 Å². The molecule has 0 fully saturated rings. The molecule has 0 aliphatic heterocycles. The van der Waals surface area contributed by atoms with Gasteiger partial charge in [-0.15, -0.1) is 0 Å². The standard InChI is InChI=1S/C15H10Br4ClN3O/c16-10-11(17)13(19)15-14(12(10)18)21-23(22-15)5-4-9(24)7-2-1-3-8(20)6-7/h1-3,6,9,24H,4-5H2. The quantitative estimate of drug-likeness (QED) is 0.283. The summed E-state index contributed by atoms with van der Waals surface area (Å²) in [7, 11) is 0. The fourth-order valence-electron chi connectivity index (χ4n) is 2.26. The van der Waals surface area contributed by atoms with E-state index in [1.54, 1.807) is 16.9 Å². The third-order valence-electron chi connectivity index (χ3n) is 3.49. The molecule has 0 aliphatic carbocycles. The molecule has 2 aromatic carbocycles. The molecule has 3 rings (SSSR count). The summed E-state index contributed by atoms with van der Waals surface area (Å²) in [4.78, 5) is 1.59. The van der Waals surface area contributed by atoms with E-state index in [0.29, 0.717) is 18.0 Å². The van der Waals surface area contributed by atoms with Gasteiger partial charge in [0.2, 0.25) is 0 Å². The molecule has 0 spiro atoms. The number of benzene rings is 2. The van der Waals surface area contributed by atoms with Crippen molar-refractivity contribution in [3.05, 3.63) is 52.7 Å². The summed E-state index contributed by atoms with van der Waals surface area (Å²) in [6.07, 6.45) is -0.137. The lowest BCUT2D eigenvalue weighted by molar-refractivity contribution is 0.157. The maximum atomic E-state index is 10.3. The fraction of sp³-hybridized carbons (Fsp3) is 0.200. The number of fused-ring (bicyclic) bond motifs is 1. The van der Waals surface area contributed by atoms with Crippen molar-refractivity contribution in [3.63, 3.8) is 0 Å². The second-order valence-electron chi connectivity index (χ2n) is 5.11. The zero-order chi connectivity index (χ0) is 17.4. The van der Waals surface area contributed by atoms with E-state index in [0.717, 1.165) is 34.5 Å². The third kappa shape index (κ3) is 3.73. The highest BCUT2D eigenvalue weighted by atomic mass is 79.9. The predicted octanol–water partition coefficient (Wildman–Crippen LogP) is 6.26. The second-order valence-corrected chi connectivity index (χ2v) is 8.72. The Hall–Kier alpha value is 0.01000. The Morgan fingerprint density at radius 3 is 2.12 bits per heavy atom. The van der Waals surface area contributed by atoms with Gasteiger partial charge in [-0.2, -0.15) is 15.0 Å². The normalized spacial score (nSPS) is 12.8. The van der Waals surface area contributed by atoms with Crippen LogP contribution in [0.25, 0.3) is 11.0 Å². The van der Waals surface area contributed by atoms with Crippen molar-refractivity contribution in [2.45, 2.75) is 19.1 Å². The van der Waals surface area contributed by atoms with E-state index in [4.69, 9.17) is 11.6 Å². The molecular weight excluding hydrogens is 593 g/mol. The molecule has 1 aromatic heterocycles. The Bertz CT molecular complexity index is 870. The molecule has 4 nitrogen and oxygen atoms in total. The molecular formula is C15H10Br4ClN3O. The van der Waals surface area contributed by atoms with Gasteiger partial charge in [0.05, 0.1) is 21.6 Å². The van der Waals surface area contributed by atoms with Crippen LogP contribution in [0.2, 0.25) is 5.02 Å². The average Bonchev–Trinajstić information content (AvgIpc) is 3.00. The maximum Gasteiger partial charge on any atom is 0.129 e. The van der Waals surface area contributed by atoms with Crippen molar-refractivity contribution in [1.82, 2.24) is 15.0 Å². The molecule has 126 valence electrons. The molecule has 0 saturated heterocycles. The number of hydrogen-bond donors (Lipinski definition) is 1. The van der Waals surface area contributed by atoms with Crippen molar-refractivity contribution < 1.29 is 5.11 Å². The molecule has 1 unspecified atom stereocenters. The number of hydrogen-bond acceptors (Lipinski definition) is 3. The van der Waals surface area contributed by atoms with E-state index >= 15 is 0 Å². The van der Waals surface area contributed by atoms with Crippen LogP contribution in [0, 0.1) is 0 Å². The monoisotopic (exact) mass is 599 g/mol. The van der Waals surface area contributed by atoms with E-state index < -0.39 is 6.10 Å². The molecule has 9 heteroatoms. The molecule has 3 aromatic rings. The molecule has 0 aliphatic rings. The van der Waals surface area contributed by atoms with Crippen LogP contribution in [0.15, 0.2) is 42.2 Å². The van der Waals surface area contributed by atoms with Gasteiger partial charge >= 0.3 is 0 Å². The lowest BCUT2D eigenvalue weighted by atomic mass is 10.1. The molecule has 0 radical (unpaired) electrons. The highest BCUT2D eigenvalue weighted by molar-refractivity contribution is 9.15. The number of aromatic nitrogens is 3. The van der Waals surface area contributed by atoms with Gasteiger partial charge in [-0.25, -0.2) is 0 Å². The largest absolute Gasteiger partial charge is 0.388 e. The van der Waals surface area contributed by atoms with Gasteiger partial charge in [0.25, 0.3) is 0 Å². The first kappa shape index (κ1) is 18.8. The van der Waals surface area contributed by atoms with E-state index in [9.17, 15) is 5.11 Å². The number of rotatable bonds is 4. The van der Waals surface area contributed by atoms with Crippen molar-refractivity contribution >= 4 is 86.4 Å². The number of aliphatic hydroxyl groups excluding tert-OH is 1. The summed E-state index contributed by atoms with van der Waals surface area (Å²) in [5, 5.41) is 19.9. The molecule has 24 heavy (non-hydrogen) atoms. The number of aryl methyl sites for hydroxylation is 1. The van der Waals surface area contributed by atoms with Crippen LogP contribution < -0.4 is 0 Å². The van der Waals surface area contributed by atoms with Crippen LogP contribution in [-0.2, 0) is 6.54 Å². The lowest BCUT2D eigenvalue weighted by Gasteiger charge is -2.10. The zero-order valence-corrected chi connectivity index (χ0v) is 19.1. The Balaban J connectivity index is 1.84. The zero-order valence-electron chi connectivity index (χ0n) is 12.0. The smallest absolute Gasteiger partial charge is 0.129 e. The highest BCUT2D eigenvalue weighted by Crippen LogP contribution is 2.42. The first-order chi connectivity index (χ1) is 11.4. The van der Waals surface area contributed by atoms with Crippen LogP contribution in [0.4, 0.5) is 0 Å². The first-order valence-electron chi connectivity index (χ1n) is 6.88. The topological polar surface area (TPSA) is 50.9 Å². The fourth-order valence-corrected chi connectivity index (χ4v) is 4.70. The maximum absolute atomic E-state index is 10.3. The Kier molecular flexibility index (Phi) is 6.04. The van der Waals surface area contributed by atoms with Crippen LogP contribution >= 0.6 is 75.3 Å². The van der Waals surface area contributed by atoms with Gasteiger partial charge < -0.3 is 5.11 Å². The van der Waals surface area contributed by atoms with Crippen molar-refractivity contribution in [2.24, 2.45) is 0 Å². The molecule has 0 amide bonds. The SMILES string of the molecule is OC(CCn1nc2c(Br)c(Br)c(Br)c(Br)c2n1)c1cccc(Cl)c1. The average molecular weight is 603 g/mol. The van der Waals surface area contributed by atoms with Crippen LogP contribution in [0.3, 0.4) is 0 Å². The summed E-state index contributed by atoms with van der Waals surface area (Å²) >= 11 is 20.0. The van der Waals surface area contributed by atoms with E-state index in [1.807, 2.05) is 12.1 Å². The van der Waals surface area contributed by atoms with Gasteiger partial charge in [0, 0.05) is 14.0 Å². The summed E-state index contributed by atoms with van der Waals surface area (Å²) in [6, 6.07) is 7.22. The minimum absolute atomic E-state index is 0.483. The molecule has 0 saturated carbocycles. The minimum atomic E-state index is -0.622. The van der Waals surface area contributed by atoms with Crippen molar-refractivity contribution in [3.8, 4) is 0 Å². The summed E-state index contributed by atoms with van der Waals surface area (Å²) in [5.74, 6) is 0. The summed E-state index contributed by atoms with van der Waals surface area (Å²) in [5.41, 5.74) is 2.27. The molecule has 1 atom stereocenters. The number of aliphatic hydroxyl groups is 1. The molecule has 1 N–H and O–H groups in total. The van der Waals surface area contributed by atoms with Crippen LogP contribution in [0.5, 0.6) is 0 Å². The van der Waals surface area contributed by atoms with Crippen molar-refractivity contribution in [2.75, 3.05) is 0 Å². The Labute approximate surface area is 177 Å². The molecule has 1 heterocycles.